The van der Waals surface area contributed by atoms with Gasteiger partial charge in [-0.05, 0) is 29.7 Å². The van der Waals surface area contributed by atoms with Gasteiger partial charge in [-0.25, -0.2) is 23.7 Å². The van der Waals surface area contributed by atoms with Gasteiger partial charge in [0.1, 0.15) is 17.0 Å². The Hall–Kier alpha value is -3.46. The summed E-state index contributed by atoms with van der Waals surface area (Å²) >= 11 is 0. The van der Waals surface area contributed by atoms with Crippen molar-refractivity contribution in [3.05, 3.63) is 59.0 Å². The van der Waals surface area contributed by atoms with E-state index < -0.39 is 11.6 Å². The molecule has 4 heterocycles. The second-order valence-electron chi connectivity index (χ2n) is 8.26. The Morgan fingerprint density at radius 3 is 2.65 bits per heavy atom. The van der Waals surface area contributed by atoms with Gasteiger partial charge in [0.15, 0.2) is 11.6 Å². The maximum Gasteiger partial charge on any atom is 0.229 e. The number of hydrogen-bond acceptors (Lipinski definition) is 6. The normalized spacial score (nSPS) is 12.9. The molecule has 1 aliphatic rings. The van der Waals surface area contributed by atoms with Crippen LogP contribution in [-0.4, -0.2) is 31.3 Å². The molecule has 0 spiro atoms. The highest BCUT2D eigenvalue weighted by molar-refractivity contribution is 5.87. The number of pyridine rings is 1. The van der Waals surface area contributed by atoms with Crippen LogP contribution in [0, 0.1) is 11.6 Å². The zero-order valence-electron chi connectivity index (χ0n) is 20.1. The molecule has 34 heavy (non-hydrogen) atoms. The first kappa shape index (κ1) is 23.7. The van der Waals surface area contributed by atoms with Crippen molar-refractivity contribution in [3.8, 4) is 11.3 Å². The highest BCUT2D eigenvalue weighted by Gasteiger charge is 2.19. The number of nitrogens with one attached hydrogen (secondary N) is 2. The van der Waals surface area contributed by atoms with Crippen molar-refractivity contribution in [3.63, 3.8) is 0 Å². The number of aromatic nitrogens is 5. The van der Waals surface area contributed by atoms with Gasteiger partial charge in [0.05, 0.1) is 6.20 Å². The zero-order valence-corrected chi connectivity index (χ0v) is 20.1. The third kappa shape index (κ3) is 4.48. The van der Waals surface area contributed by atoms with Crippen molar-refractivity contribution in [1.29, 1.82) is 0 Å². The molecule has 4 aromatic rings. The van der Waals surface area contributed by atoms with Crippen molar-refractivity contribution in [2.24, 2.45) is 7.05 Å². The topological polar surface area (TPSA) is 80.6 Å². The maximum atomic E-state index is 14.9. The Labute approximate surface area is 197 Å². The second kappa shape index (κ2) is 9.80. The van der Waals surface area contributed by atoms with Crippen LogP contribution in [-0.2, 0) is 20.0 Å². The van der Waals surface area contributed by atoms with Crippen LogP contribution < -0.4 is 10.6 Å². The molecule has 178 valence electrons. The highest BCUT2D eigenvalue weighted by Crippen LogP contribution is 2.32. The summed E-state index contributed by atoms with van der Waals surface area (Å²) in [7, 11) is 1.78. The molecule has 3 aromatic heterocycles. The minimum Gasteiger partial charge on any atom is -0.312 e. The number of rotatable bonds is 4. The van der Waals surface area contributed by atoms with E-state index in [0.717, 1.165) is 42.7 Å². The fourth-order valence-corrected chi connectivity index (χ4v) is 4.25. The Balaban J connectivity index is 0.00000133. The van der Waals surface area contributed by atoms with Crippen LogP contribution >= 0.6 is 0 Å². The number of benzene rings is 1. The molecule has 5 rings (SSSR count). The van der Waals surface area contributed by atoms with Crippen LogP contribution in [0.1, 0.15) is 50.6 Å². The molecule has 0 saturated carbocycles. The van der Waals surface area contributed by atoms with Gasteiger partial charge < -0.3 is 10.6 Å². The van der Waals surface area contributed by atoms with Gasteiger partial charge in [-0.1, -0.05) is 33.8 Å². The van der Waals surface area contributed by atoms with E-state index in [1.54, 1.807) is 17.8 Å². The van der Waals surface area contributed by atoms with Gasteiger partial charge in [-0.2, -0.15) is 5.10 Å². The quantitative estimate of drug-likeness (QED) is 0.429. The maximum absolute atomic E-state index is 14.9. The van der Waals surface area contributed by atoms with Crippen LogP contribution in [0.3, 0.4) is 0 Å². The predicted octanol–water partition coefficient (Wildman–Crippen LogP) is 5.24. The first-order valence-electron chi connectivity index (χ1n) is 11.6. The molecule has 0 aliphatic carbocycles. The highest BCUT2D eigenvalue weighted by atomic mass is 19.1. The summed E-state index contributed by atoms with van der Waals surface area (Å²) in [6, 6.07) is 6.84. The van der Waals surface area contributed by atoms with E-state index in [0.29, 0.717) is 16.8 Å². The minimum absolute atomic E-state index is 0.0176. The zero-order chi connectivity index (χ0) is 24.4. The Morgan fingerprint density at radius 2 is 1.88 bits per heavy atom. The Bertz CT molecular complexity index is 1330. The van der Waals surface area contributed by atoms with Gasteiger partial charge in [0.2, 0.25) is 5.95 Å². The molecular formula is C25H29F2N7. The number of fused-ring (bicyclic) bond motifs is 2. The van der Waals surface area contributed by atoms with Gasteiger partial charge in [0, 0.05) is 48.9 Å². The minimum atomic E-state index is -0.631. The Kier molecular flexibility index (Phi) is 6.83. The van der Waals surface area contributed by atoms with Crippen molar-refractivity contribution in [1.82, 2.24) is 30.0 Å². The lowest BCUT2D eigenvalue weighted by atomic mass is 10.0. The largest absolute Gasteiger partial charge is 0.312 e. The number of anilines is 2. The SMILES string of the molecule is CC.CC(C)c1c2cc(-c3nc(Nc4ccc5c(n4)CCNC5)ncc3F)cc(F)c2nn1C. The van der Waals surface area contributed by atoms with E-state index in [9.17, 15) is 8.78 Å². The van der Waals surface area contributed by atoms with E-state index in [1.807, 2.05) is 39.8 Å². The van der Waals surface area contributed by atoms with Crippen LogP contribution in [0.15, 0.2) is 30.5 Å². The number of nitrogens with zero attached hydrogens (tertiary/aromatic N) is 5. The van der Waals surface area contributed by atoms with Crippen molar-refractivity contribution >= 4 is 22.7 Å². The molecule has 0 saturated heterocycles. The monoisotopic (exact) mass is 465 g/mol. The summed E-state index contributed by atoms with van der Waals surface area (Å²) in [6.45, 7) is 9.69. The van der Waals surface area contributed by atoms with Gasteiger partial charge in [-0.15, -0.1) is 0 Å². The average molecular weight is 466 g/mol. The van der Waals surface area contributed by atoms with Crippen LogP contribution in [0.5, 0.6) is 0 Å². The summed E-state index contributed by atoms with van der Waals surface area (Å²) in [5.74, 6) is -0.249. The lowest BCUT2D eigenvalue weighted by molar-refractivity contribution is 0.617. The molecule has 0 bridgehead atoms. The first-order valence-corrected chi connectivity index (χ1v) is 11.6. The van der Waals surface area contributed by atoms with Crippen LogP contribution in [0.2, 0.25) is 0 Å². The average Bonchev–Trinajstić information content (AvgIpc) is 3.18. The molecule has 0 unspecified atom stereocenters. The number of hydrogen-bond donors (Lipinski definition) is 2. The third-order valence-corrected chi connectivity index (χ3v) is 5.66. The fourth-order valence-electron chi connectivity index (χ4n) is 4.25. The summed E-state index contributed by atoms with van der Waals surface area (Å²) in [4.78, 5) is 13.0. The summed E-state index contributed by atoms with van der Waals surface area (Å²) in [6.07, 6.45) is 1.92. The summed E-state index contributed by atoms with van der Waals surface area (Å²) < 4.78 is 31.2. The third-order valence-electron chi connectivity index (χ3n) is 5.66. The molecule has 7 nitrogen and oxygen atoms in total. The lowest BCUT2D eigenvalue weighted by Crippen LogP contribution is -2.24. The lowest BCUT2D eigenvalue weighted by Gasteiger charge is -2.17. The van der Waals surface area contributed by atoms with E-state index in [2.05, 4.69) is 30.7 Å². The predicted molar refractivity (Wildman–Crippen MR) is 130 cm³/mol. The molecule has 0 fully saturated rings. The Morgan fingerprint density at radius 1 is 1.09 bits per heavy atom. The van der Waals surface area contributed by atoms with Crippen molar-refractivity contribution in [2.75, 3.05) is 11.9 Å². The second-order valence-corrected chi connectivity index (χ2v) is 8.26. The molecule has 0 radical (unpaired) electrons. The van der Waals surface area contributed by atoms with Gasteiger partial charge in [0.25, 0.3) is 0 Å². The fraction of sp³-hybridized carbons (Fsp3) is 0.360. The number of halogens is 2. The molecule has 9 heteroatoms. The first-order chi connectivity index (χ1) is 16.4. The van der Waals surface area contributed by atoms with Crippen molar-refractivity contribution < 1.29 is 8.78 Å². The van der Waals surface area contributed by atoms with Crippen LogP contribution in [0.25, 0.3) is 22.2 Å². The summed E-state index contributed by atoms with van der Waals surface area (Å²) in [5.41, 5.74) is 3.66. The molecule has 2 N–H and O–H groups in total. The van der Waals surface area contributed by atoms with Crippen molar-refractivity contribution in [2.45, 2.75) is 46.6 Å². The van der Waals surface area contributed by atoms with E-state index in [-0.39, 0.29) is 23.1 Å². The molecule has 1 aliphatic heterocycles. The molecular weight excluding hydrogens is 436 g/mol. The smallest absolute Gasteiger partial charge is 0.229 e. The molecule has 0 amide bonds. The number of aryl methyl sites for hydroxylation is 1. The van der Waals surface area contributed by atoms with E-state index in [1.165, 1.54) is 6.07 Å². The van der Waals surface area contributed by atoms with E-state index >= 15 is 0 Å². The van der Waals surface area contributed by atoms with Crippen LogP contribution in [0.4, 0.5) is 20.5 Å². The van der Waals surface area contributed by atoms with Gasteiger partial charge in [-0.3, -0.25) is 4.68 Å². The molecule has 0 atom stereocenters. The summed E-state index contributed by atoms with van der Waals surface area (Å²) in [5, 5.41) is 11.3. The standard InChI is InChI=1S/C23H23F2N7.C2H6/c1-12(2)22-15-8-14(9-16(24)21(15)31-32(22)3)20-17(25)11-27-23(30-20)29-19-5-4-13-10-26-7-6-18(13)28-19;1-2/h4-5,8-9,11-12,26H,6-7,10H2,1-3H3,(H,27,28,29,30);1-2H3. The van der Waals surface area contributed by atoms with E-state index in [4.69, 9.17) is 0 Å². The molecule has 1 aromatic carbocycles. The van der Waals surface area contributed by atoms with Gasteiger partial charge >= 0.3 is 0 Å².